The van der Waals surface area contributed by atoms with Crippen molar-refractivity contribution in [2.75, 3.05) is 0 Å². The van der Waals surface area contributed by atoms with Gasteiger partial charge in [-0.15, -0.1) is 4.83 Å². The third kappa shape index (κ3) is 5.15. The molecular weight excluding hydrogens is 460 g/mol. The third-order valence-corrected chi connectivity index (χ3v) is 6.89. The van der Waals surface area contributed by atoms with E-state index in [0.717, 1.165) is 18.9 Å². The van der Waals surface area contributed by atoms with Crippen LogP contribution in [-0.4, -0.2) is 35.2 Å². The van der Waals surface area contributed by atoms with Crippen LogP contribution in [0.1, 0.15) is 58.2 Å². The van der Waals surface area contributed by atoms with Gasteiger partial charge < -0.3 is 5.11 Å². The zero-order chi connectivity index (χ0) is 25.0. The molecule has 0 aliphatic carbocycles. The summed E-state index contributed by atoms with van der Waals surface area (Å²) in [5.41, 5.74) is 2.32. The monoisotopic (exact) mass is 486 g/mol. The SMILES string of the molecule is CCCCCn1nc(C(=O)NNS(=O)(=O)c2cc(C(=O)O)cc(C)c2C)c2ccccc2c1=O. The highest BCUT2D eigenvalue weighted by Gasteiger charge is 2.23. The maximum Gasteiger partial charge on any atom is 0.335 e. The van der Waals surface area contributed by atoms with Crippen molar-refractivity contribution >= 4 is 32.7 Å². The first-order valence-electron chi connectivity index (χ1n) is 10.7. The molecule has 3 aromatic rings. The van der Waals surface area contributed by atoms with E-state index in [4.69, 9.17) is 0 Å². The molecule has 0 aliphatic heterocycles. The van der Waals surface area contributed by atoms with E-state index in [1.54, 1.807) is 38.1 Å². The third-order valence-electron chi connectivity index (χ3n) is 5.51. The predicted octanol–water partition coefficient (Wildman–Crippen LogP) is 2.53. The van der Waals surface area contributed by atoms with Gasteiger partial charge in [-0.05, 0) is 49.6 Å². The minimum Gasteiger partial charge on any atom is -0.478 e. The molecule has 34 heavy (non-hydrogen) atoms. The number of nitrogens with zero attached hydrogens (tertiary/aromatic N) is 2. The van der Waals surface area contributed by atoms with Crippen LogP contribution < -0.4 is 15.8 Å². The fraction of sp³-hybridized carbons (Fsp3) is 0.304. The largest absolute Gasteiger partial charge is 0.478 e. The fourth-order valence-corrected chi connectivity index (χ4v) is 4.71. The van der Waals surface area contributed by atoms with Crippen molar-refractivity contribution in [2.45, 2.75) is 51.5 Å². The van der Waals surface area contributed by atoms with Gasteiger partial charge in [-0.25, -0.2) is 17.9 Å². The first-order chi connectivity index (χ1) is 16.1. The molecule has 2 aromatic carbocycles. The van der Waals surface area contributed by atoms with Crippen molar-refractivity contribution in [3.05, 3.63) is 69.1 Å². The van der Waals surface area contributed by atoms with E-state index in [2.05, 4.69) is 10.5 Å². The van der Waals surface area contributed by atoms with Crippen molar-refractivity contribution in [1.82, 2.24) is 20.0 Å². The summed E-state index contributed by atoms with van der Waals surface area (Å²) in [5.74, 6) is -2.13. The fourth-order valence-electron chi connectivity index (χ4n) is 3.52. The van der Waals surface area contributed by atoms with Gasteiger partial charge in [-0.2, -0.15) is 5.10 Å². The summed E-state index contributed by atoms with van der Waals surface area (Å²) in [7, 11) is -4.30. The normalized spacial score (nSPS) is 11.5. The first kappa shape index (κ1) is 25.1. The smallest absolute Gasteiger partial charge is 0.335 e. The number of sulfonamides is 1. The highest BCUT2D eigenvalue weighted by Crippen LogP contribution is 2.21. The van der Waals surface area contributed by atoms with Gasteiger partial charge in [-0.1, -0.05) is 38.0 Å². The molecule has 0 spiro atoms. The number of nitrogens with one attached hydrogen (secondary N) is 2. The second kappa shape index (κ2) is 10.1. The Morgan fingerprint density at radius 3 is 2.41 bits per heavy atom. The van der Waals surface area contributed by atoms with Crippen LogP contribution in [-0.2, 0) is 16.6 Å². The average Bonchev–Trinajstić information content (AvgIpc) is 2.80. The molecule has 1 heterocycles. The molecule has 1 aromatic heterocycles. The highest BCUT2D eigenvalue weighted by molar-refractivity contribution is 7.89. The number of rotatable bonds is 9. The Morgan fingerprint density at radius 2 is 1.76 bits per heavy atom. The number of aromatic carboxylic acids is 1. The van der Waals surface area contributed by atoms with Crippen LogP contribution in [0.15, 0.2) is 46.1 Å². The van der Waals surface area contributed by atoms with Crippen LogP contribution in [0.2, 0.25) is 0 Å². The molecule has 3 rings (SSSR count). The molecule has 0 aliphatic rings. The Morgan fingerprint density at radius 1 is 1.09 bits per heavy atom. The van der Waals surface area contributed by atoms with E-state index < -0.39 is 21.9 Å². The quantitative estimate of drug-likeness (QED) is 0.311. The van der Waals surface area contributed by atoms with Crippen molar-refractivity contribution in [3.63, 3.8) is 0 Å². The van der Waals surface area contributed by atoms with E-state index in [1.165, 1.54) is 10.7 Å². The number of aromatic nitrogens is 2. The Kier molecular flexibility index (Phi) is 7.48. The van der Waals surface area contributed by atoms with E-state index in [9.17, 15) is 27.9 Å². The molecule has 3 N–H and O–H groups in total. The van der Waals surface area contributed by atoms with Crippen LogP contribution in [0.3, 0.4) is 0 Å². The summed E-state index contributed by atoms with van der Waals surface area (Å²) in [6.07, 6.45) is 2.53. The summed E-state index contributed by atoms with van der Waals surface area (Å²) < 4.78 is 27.0. The average molecular weight is 487 g/mol. The molecule has 0 bridgehead atoms. The van der Waals surface area contributed by atoms with Crippen molar-refractivity contribution in [1.29, 1.82) is 0 Å². The predicted molar refractivity (Wildman–Crippen MR) is 126 cm³/mol. The number of carbonyl (C=O) groups is 2. The minimum atomic E-state index is -4.30. The zero-order valence-corrected chi connectivity index (χ0v) is 19.9. The van der Waals surface area contributed by atoms with Gasteiger partial charge >= 0.3 is 5.97 Å². The molecular formula is C23H26N4O6S. The van der Waals surface area contributed by atoms with E-state index in [-0.39, 0.29) is 27.1 Å². The molecule has 1 amide bonds. The molecule has 0 fully saturated rings. The molecule has 0 saturated carbocycles. The Hall–Kier alpha value is -3.57. The van der Waals surface area contributed by atoms with Crippen LogP contribution in [0.25, 0.3) is 10.8 Å². The van der Waals surface area contributed by atoms with Crippen LogP contribution in [0, 0.1) is 13.8 Å². The van der Waals surface area contributed by atoms with Crippen LogP contribution in [0.4, 0.5) is 0 Å². The second-order valence-corrected chi connectivity index (χ2v) is 9.56. The Balaban J connectivity index is 1.95. The van der Waals surface area contributed by atoms with Crippen molar-refractivity contribution in [2.24, 2.45) is 0 Å². The number of benzene rings is 2. The van der Waals surface area contributed by atoms with E-state index in [0.29, 0.717) is 29.5 Å². The number of hydrogen-bond donors (Lipinski definition) is 3. The lowest BCUT2D eigenvalue weighted by molar-refractivity contribution is 0.0696. The van der Waals surface area contributed by atoms with Gasteiger partial charge in [0.25, 0.3) is 21.5 Å². The lowest BCUT2D eigenvalue weighted by Gasteiger charge is -2.14. The minimum absolute atomic E-state index is 0.110. The maximum absolute atomic E-state index is 12.9. The van der Waals surface area contributed by atoms with Gasteiger partial charge in [-0.3, -0.25) is 15.0 Å². The van der Waals surface area contributed by atoms with Crippen LogP contribution >= 0.6 is 0 Å². The van der Waals surface area contributed by atoms with Gasteiger partial charge in [0.2, 0.25) is 0 Å². The van der Waals surface area contributed by atoms with Crippen molar-refractivity contribution in [3.8, 4) is 0 Å². The van der Waals surface area contributed by atoms with E-state index >= 15 is 0 Å². The molecule has 11 heteroatoms. The lowest BCUT2D eigenvalue weighted by Crippen LogP contribution is -2.43. The van der Waals surface area contributed by atoms with E-state index in [1.807, 2.05) is 11.8 Å². The number of amides is 1. The first-order valence-corrected chi connectivity index (χ1v) is 12.2. The number of hydrazine groups is 1. The van der Waals surface area contributed by atoms with Crippen molar-refractivity contribution < 1.29 is 23.1 Å². The van der Waals surface area contributed by atoms with Gasteiger partial charge in [0.15, 0.2) is 5.69 Å². The Labute approximate surface area is 196 Å². The topological polar surface area (TPSA) is 147 Å². The maximum atomic E-state index is 12.9. The number of fused-ring (bicyclic) bond motifs is 1. The Bertz CT molecular complexity index is 1430. The molecule has 0 atom stereocenters. The number of carboxylic acid groups (broad SMARTS) is 1. The second-order valence-electron chi connectivity index (χ2n) is 7.91. The number of carboxylic acids is 1. The standard InChI is InChI=1S/C23H26N4O6S/c1-4-5-8-11-27-22(29)18-10-7-6-9-17(18)20(25-27)21(28)24-26-34(32,33)19-13-16(23(30)31)12-14(2)15(19)3/h6-7,9-10,12-13,26H,4-5,8,11H2,1-3H3,(H,24,28)(H,30,31). The summed E-state index contributed by atoms with van der Waals surface area (Å²) >= 11 is 0. The lowest BCUT2D eigenvalue weighted by atomic mass is 10.1. The van der Waals surface area contributed by atoms with Gasteiger partial charge in [0.05, 0.1) is 15.8 Å². The van der Waals surface area contributed by atoms with Gasteiger partial charge in [0.1, 0.15) is 0 Å². The number of unbranched alkanes of at least 4 members (excludes halogenated alkanes) is 2. The number of hydrogen-bond acceptors (Lipinski definition) is 6. The van der Waals surface area contributed by atoms with Crippen LogP contribution in [0.5, 0.6) is 0 Å². The zero-order valence-electron chi connectivity index (χ0n) is 19.1. The summed E-state index contributed by atoms with van der Waals surface area (Å²) in [6.45, 7) is 5.48. The molecule has 0 saturated heterocycles. The summed E-state index contributed by atoms with van der Waals surface area (Å²) in [6, 6.07) is 8.86. The highest BCUT2D eigenvalue weighted by atomic mass is 32.2. The number of aryl methyl sites for hydroxylation is 2. The molecule has 10 nitrogen and oxygen atoms in total. The van der Waals surface area contributed by atoms with Gasteiger partial charge in [0, 0.05) is 11.9 Å². The molecule has 0 unspecified atom stereocenters. The number of carbonyl (C=O) groups excluding carboxylic acids is 1. The molecule has 0 radical (unpaired) electrons. The summed E-state index contributed by atoms with van der Waals surface area (Å²) in [5, 5.41) is 14.0. The molecule has 180 valence electrons. The summed E-state index contributed by atoms with van der Waals surface area (Å²) in [4.78, 5) is 38.8.